The molecule has 25 heavy (non-hydrogen) atoms. The van der Waals surface area contributed by atoms with Crippen LogP contribution in [0.15, 0.2) is 6.20 Å². The van der Waals surface area contributed by atoms with Crippen LogP contribution in [-0.2, 0) is 16.1 Å². The molecule has 1 saturated heterocycles. The average Bonchev–Trinajstić information content (AvgIpc) is 2.87. The summed E-state index contributed by atoms with van der Waals surface area (Å²) in [7, 11) is 0. The van der Waals surface area contributed by atoms with Crippen molar-refractivity contribution in [3.8, 4) is 0 Å². The summed E-state index contributed by atoms with van der Waals surface area (Å²) in [6.45, 7) is 12.9. The molecule has 1 aromatic heterocycles. The second-order valence-electron chi connectivity index (χ2n) is 8.66. The number of nitrogens with one attached hydrogen (secondary N) is 1. The Hall–Kier alpha value is -1.89. The van der Waals surface area contributed by atoms with Gasteiger partial charge in [0.05, 0.1) is 12.7 Å². The largest absolute Gasteiger partial charge is 0.459 e. The van der Waals surface area contributed by atoms with E-state index in [1.165, 1.54) is 0 Å². The molecule has 2 aliphatic rings. The Morgan fingerprint density at radius 2 is 2.00 bits per heavy atom. The van der Waals surface area contributed by atoms with Crippen LogP contribution in [0.25, 0.3) is 0 Å². The number of fused-ring (bicyclic) bond motifs is 1. The number of piperidine rings is 1. The second-order valence-corrected chi connectivity index (χ2v) is 8.66. The molecule has 0 aliphatic carbocycles. The molecule has 0 bridgehead atoms. The molecule has 0 aromatic carbocycles. The Kier molecular flexibility index (Phi) is 4.62. The van der Waals surface area contributed by atoms with E-state index in [1.807, 2.05) is 27.0 Å². The molecule has 2 aliphatic heterocycles. The number of aromatic nitrogens is 2. The van der Waals surface area contributed by atoms with E-state index in [4.69, 9.17) is 9.72 Å². The highest BCUT2D eigenvalue weighted by Crippen LogP contribution is 2.32. The van der Waals surface area contributed by atoms with E-state index in [1.54, 1.807) is 5.01 Å². The zero-order valence-electron chi connectivity index (χ0n) is 15.9. The van der Waals surface area contributed by atoms with Gasteiger partial charge in [-0.2, -0.15) is 0 Å². The maximum atomic E-state index is 12.1. The van der Waals surface area contributed by atoms with Crippen LogP contribution in [-0.4, -0.2) is 41.2 Å². The third kappa shape index (κ3) is 4.39. The summed E-state index contributed by atoms with van der Waals surface area (Å²) in [5.41, 5.74) is 3.94. The van der Waals surface area contributed by atoms with Gasteiger partial charge in [0.2, 0.25) is 0 Å². The molecule has 3 rings (SSSR count). The van der Waals surface area contributed by atoms with Gasteiger partial charge in [-0.05, 0) is 39.0 Å². The molecule has 0 saturated carbocycles. The smallest absolute Gasteiger partial charge is 0.327 e. The molecule has 0 radical (unpaired) electrons. The van der Waals surface area contributed by atoms with Crippen molar-refractivity contribution in [3.63, 3.8) is 0 Å². The van der Waals surface area contributed by atoms with Crippen LogP contribution in [0.1, 0.15) is 53.2 Å². The van der Waals surface area contributed by atoms with Gasteiger partial charge in [0.15, 0.2) is 5.82 Å². The first-order valence-electron chi connectivity index (χ1n) is 8.97. The monoisotopic (exact) mass is 347 g/mol. The molecule has 138 valence electrons. The molecular weight excluding hydrogens is 318 g/mol. The average molecular weight is 347 g/mol. The van der Waals surface area contributed by atoms with Crippen LogP contribution in [0.5, 0.6) is 0 Å². The third-order valence-corrected chi connectivity index (χ3v) is 4.66. The van der Waals surface area contributed by atoms with E-state index in [9.17, 15) is 4.79 Å². The van der Waals surface area contributed by atoms with Crippen LogP contribution in [0.2, 0.25) is 0 Å². The molecule has 0 spiro atoms. The van der Waals surface area contributed by atoms with Crippen molar-refractivity contribution in [2.45, 2.75) is 59.6 Å². The lowest BCUT2D eigenvalue weighted by Gasteiger charge is -2.37. The number of carbonyl (C=O) groups is 1. The standard InChI is InChI=1S/C18H29N5O2/c1-17(2,3)25-15(24)12-23-16-13(10-20-23)19-11-14(21-16)22-8-6-18(4,5)7-9-22/h11,20H,6-10,12H2,1-5H3. The van der Waals surface area contributed by atoms with Crippen LogP contribution in [0, 0.1) is 5.41 Å². The summed E-state index contributed by atoms with van der Waals surface area (Å²) in [5.74, 6) is 1.33. The molecule has 7 nitrogen and oxygen atoms in total. The van der Waals surface area contributed by atoms with Crippen molar-refractivity contribution < 1.29 is 9.53 Å². The number of hydrogen-bond donors (Lipinski definition) is 1. The third-order valence-electron chi connectivity index (χ3n) is 4.66. The lowest BCUT2D eigenvalue weighted by molar-refractivity contribution is -0.153. The fourth-order valence-corrected chi connectivity index (χ4v) is 3.11. The predicted octanol–water partition coefficient (Wildman–Crippen LogP) is 2.27. The zero-order valence-corrected chi connectivity index (χ0v) is 15.9. The fourth-order valence-electron chi connectivity index (χ4n) is 3.11. The van der Waals surface area contributed by atoms with E-state index >= 15 is 0 Å². The maximum absolute atomic E-state index is 12.1. The molecule has 0 amide bonds. The first-order valence-corrected chi connectivity index (χ1v) is 8.97. The summed E-state index contributed by atoms with van der Waals surface area (Å²) >= 11 is 0. The highest BCUT2D eigenvalue weighted by molar-refractivity contribution is 5.76. The Labute approximate surface area is 149 Å². The number of rotatable bonds is 3. The summed E-state index contributed by atoms with van der Waals surface area (Å²) in [5, 5.41) is 1.74. The summed E-state index contributed by atoms with van der Waals surface area (Å²) in [6, 6.07) is 0. The minimum Gasteiger partial charge on any atom is -0.459 e. The zero-order chi connectivity index (χ0) is 18.2. The molecular formula is C18H29N5O2. The fraction of sp³-hybridized carbons (Fsp3) is 0.722. The van der Waals surface area contributed by atoms with Gasteiger partial charge in [0.25, 0.3) is 0 Å². The van der Waals surface area contributed by atoms with Crippen molar-refractivity contribution in [1.29, 1.82) is 0 Å². The first kappa shape index (κ1) is 17.9. The van der Waals surface area contributed by atoms with Crippen molar-refractivity contribution in [2.75, 3.05) is 29.5 Å². The lowest BCUT2D eigenvalue weighted by atomic mass is 9.83. The van der Waals surface area contributed by atoms with E-state index in [-0.39, 0.29) is 12.5 Å². The molecule has 1 fully saturated rings. The van der Waals surface area contributed by atoms with Gasteiger partial charge in [0, 0.05) is 13.1 Å². The van der Waals surface area contributed by atoms with E-state index in [0.717, 1.165) is 43.3 Å². The SMILES string of the molecule is CC1(C)CCN(c2cnc3c(n2)N(CC(=O)OC(C)(C)C)NC3)CC1. The van der Waals surface area contributed by atoms with Crippen LogP contribution < -0.4 is 15.3 Å². The molecule has 0 unspecified atom stereocenters. The van der Waals surface area contributed by atoms with Gasteiger partial charge in [-0.3, -0.25) is 14.8 Å². The lowest BCUT2D eigenvalue weighted by Crippen LogP contribution is -2.40. The highest BCUT2D eigenvalue weighted by atomic mass is 16.6. The van der Waals surface area contributed by atoms with Crippen LogP contribution >= 0.6 is 0 Å². The van der Waals surface area contributed by atoms with Gasteiger partial charge in [-0.25, -0.2) is 10.4 Å². The quantitative estimate of drug-likeness (QED) is 0.841. The Balaban J connectivity index is 1.70. The predicted molar refractivity (Wildman–Crippen MR) is 97.3 cm³/mol. The van der Waals surface area contributed by atoms with Crippen molar-refractivity contribution in [3.05, 3.63) is 11.9 Å². The van der Waals surface area contributed by atoms with E-state index in [2.05, 4.69) is 29.2 Å². The van der Waals surface area contributed by atoms with Crippen molar-refractivity contribution >= 4 is 17.6 Å². The van der Waals surface area contributed by atoms with E-state index < -0.39 is 5.60 Å². The number of esters is 1. The van der Waals surface area contributed by atoms with Gasteiger partial charge < -0.3 is 9.64 Å². The number of hydrazine groups is 1. The summed E-state index contributed by atoms with van der Waals surface area (Å²) < 4.78 is 5.40. The van der Waals surface area contributed by atoms with Gasteiger partial charge in [-0.15, -0.1) is 0 Å². The summed E-state index contributed by atoms with van der Waals surface area (Å²) in [4.78, 5) is 23.7. The normalized spacial score (nSPS) is 19.7. The first-order chi connectivity index (χ1) is 11.6. The van der Waals surface area contributed by atoms with Crippen molar-refractivity contribution in [2.24, 2.45) is 5.41 Å². The van der Waals surface area contributed by atoms with Crippen LogP contribution in [0.4, 0.5) is 11.6 Å². The number of ether oxygens (including phenoxy) is 1. The minimum absolute atomic E-state index is 0.120. The minimum atomic E-state index is -0.492. The molecule has 0 atom stereocenters. The number of nitrogens with zero attached hydrogens (tertiary/aromatic N) is 4. The summed E-state index contributed by atoms with van der Waals surface area (Å²) in [6.07, 6.45) is 4.13. The highest BCUT2D eigenvalue weighted by Gasteiger charge is 2.29. The molecule has 1 aromatic rings. The van der Waals surface area contributed by atoms with Gasteiger partial charge >= 0.3 is 5.97 Å². The maximum Gasteiger partial charge on any atom is 0.327 e. The second kappa shape index (κ2) is 6.44. The van der Waals surface area contributed by atoms with Gasteiger partial charge in [-0.1, -0.05) is 13.8 Å². The molecule has 7 heteroatoms. The number of anilines is 2. The van der Waals surface area contributed by atoms with Gasteiger partial charge in [0.1, 0.15) is 23.7 Å². The van der Waals surface area contributed by atoms with Crippen LogP contribution in [0.3, 0.4) is 0 Å². The van der Waals surface area contributed by atoms with E-state index in [0.29, 0.717) is 12.0 Å². The Morgan fingerprint density at radius 1 is 1.32 bits per heavy atom. The topological polar surface area (TPSA) is 70.6 Å². The Morgan fingerprint density at radius 3 is 2.64 bits per heavy atom. The number of hydrogen-bond acceptors (Lipinski definition) is 7. The molecule has 1 N–H and O–H groups in total. The Bertz CT molecular complexity index is 643. The molecule has 3 heterocycles. The van der Waals surface area contributed by atoms with Crippen molar-refractivity contribution in [1.82, 2.24) is 15.4 Å². The number of carbonyl (C=O) groups excluding carboxylic acids is 1.